The van der Waals surface area contributed by atoms with Crippen molar-refractivity contribution in [3.63, 3.8) is 0 Å². The summed E-state index contributed by atoms with van der Waals surface area (Å²) in [5.41, 5.74) is 0. The van der Waals surface area contributed by atoms with Crippen molar-refractivity contribution in [3.05, 3.63) is 0 Å². The van der Waals surface area contributed by atoms with E-state index >= 15 is 0 Å². The Morgan fingerprint density at radius 1 is 1.46 bits per heavy atom. The van der Waals surface area contributed by atoms with E-state index in [4.69, 9.17) is 0 Å². The Kier molecular flexibility index (Phi) is 5.74. The van der Waals surface area contributed by atoms with Crippen LogP contribution in [-0.4, -0.2) is 49.2 Å². The first-order chi connectivity index (χ1) is 6.26. The maximum Gasteiger partial charge on any atom is 0.0126 e. The van der Waals surface area contributed by atoms with Gasteiger partial charge in [0.25, 0.3) is 0 Å². The van der Waals surface area contributed by atoms with Gasteiger partial charge in [0.05, 0.1) is 0 Å². The molecule has 1 heterocycles. The summed E-state index contributed by atoms with van der Waals surface area (Å²) < 4.78 is 2.46. The molecule has 0 bridgehead atoms. The maximum atomic E-state index is 2.82. The minimum Gasteiger partial charge on any atom is -0.300 e. The monoisotopic (exact) mass is 220 g/mol. The van der Waals surface area contributed by atoms with Crippen LogP contribution >= 0.6 is 18.0 Å². The van der Waals surface area contributed by atoms with Gasteiger partial charge in [0.1, 0.15) is 0 Å². The molecule has 0 amide bonds. The predicted molar refractivity (Wildman–Crippen MR) is 65.7 cm³/mol. The molecule has 2 unspecified atom stereocenters. The lowest BCUT2D eigenvalue weighted by atomic mass is 9.97. The van der Waals surface area contributed by atoms with Gasteiger partial charge in [-0.1, -0.05) is 8.73 Å². The van der Waals surface area contributed by atoms with Crippen LogP contribution in [0.5, 0.6) is 0 Å². The average molecular weight is 220 g/mol. The SMILES string of the molecule is CPN(C)CC1CCN(CP)CC1. The lowest BCUT2D eigenvalue weighted by Gasteiger charge is -2.32. The molecule has 1 rings (SSSR count). The van der Waals surface area contributed by atoms with Gasteiger partial charge in [0, 0.05) is 12.8 Å². The second-order valence-corrected chi connectivity index (χ2v) is 5.42. The molecule has 4 heteroatoms. The van der Waals surface area contributed by atoms with Crippen molar-refractivity contribution in [1.29, 1.82) is 0 Å². The highest BCUT2D eigenvalue weighted by molar-refractivity contribution is 7.34. The summed E-state index contributed by atoms with van der Waals surface area (Å²) in [6.07, 6.45) is 3.94. The molecule has 1 aliphatic heterocycles. The van der Waals surface area contributed by atoms with Gasteiger partial charge in [-0.3, -0.25) is 9.57 Å². The van der Waals surface area contributed by atoms with E-state index in [1.165, 1.54) is 32.5 Å². The second-order valence-electron chi connectivity index (χ2n) is 3.85. The van der Waals surface area contributed by atoms with Crippen LogP contribution in [0.3, 0.4) is 0 Å². The highest BCUT2D eigenvalue weighted by atomic mass is 31.1. The molecule has 0 aromatic heterocycles. The minimum absolute atomic E-state index is 0.949. The molecule has 0 saturated carbocycles. The first kappa shape index (κ1) is 11.9. The van der Waals surface area contributed by atoms with Crippen LogP contribution in [0.2, 0.25) is 0 Å². The van der Waals surface area contributed by atoms with Gasteiger partial charge in [-0.25, -0.2) is 0 Å². The molecule has 13 heavy (non-hydrogen) atoms. The summed E-state index contributed by atoms with van der Waals surface area (Å²) in [6, 6.07) is 0. The number of hydrogen-bond acceptors (Lipinski definition) is 2. The lowest BCUT2D eigenvalue weighted by molar-refractivity contribution is 0.197. The Bertz CT molecular complexity index is 136. The van der Waals surface area contributed by atoms with Gasteiger partial charge in [0.15, 0.2) is 0 Å². The van der Waals surface area contributed by atoms with E-state index in [9.17, 15) is 0 Å². The minimum atomic E-state index is 0.949. The van der Waals surface area contributed by atoms with Crippen molar-refractivity contribution in [2.24, 2.45) is 5.92 Å². The summed E-state index contributed by atoms with van der Waals surface area (Å²) in [4.78, 5) is 2.52. The fourth-order valence-electron chi connectivity index (χ4n) is 1.83. The molecule has 1 aliphatic rings. The van der Waals surface area contributed by atoms with E-state index in [0.717, 1.165) is 20.9 Å². The molecule has 0 spiro atoms. The molecule has 78 valence electrons. The van der Waals surface area contributed by atoms with E-state index in [2.05, 4.69) is 32.5 Å². The molecular weight excluding hydrogens is 198 g/mol. The standard InChI is InChI=1S/C9H22N2P2/c1-10(13-2)7-9-3-5-11(8-12)6-4-9/h9,13H,3-8,12H2,1-2H3. The zero-order valence-electron chi connectivity index (χ0n) is 8.79. The molecule has 0 aromatic carbocycles. The lowest BCUT2D eigenvalue weighted by Crippen LogP contribution is -2.35. The second kappa shape index (κ2) is 6.30. The third-order valence-corrected chi connectivity index (χ3v) is 4.34. The Labute approximate surface area is 86.5 Å². The van der Waals surface area contributed by atoms with Crippen LogP contribution in [0.25, 0.3) is 0 Å². The highest BCUT2D eigenvalue weighted by Crippen LogP contribution is 2.21. The van der Waals surface area contributed by atoms with Crippen molar-refractivity contribution >= 4 is 18.0 Å². The molecule has 0 N–H and O–H groups in total. The molecule has 0 aliphatic carbocycles. The third-order valence-electron chi connectivity index (χ3n) is 2.88. The number of piperidine rings is 1. The van der Waals surface area contributed by atoms with Crippen molar-refractivity contribution in [1.82, 2.24) is 9.57 Å². The summed E-state index contributed by atoms with van der Waals surface area (Å²) in [6.45, 7) is 6.17. The quantitative estimate of drug-likeness (QED) is 0.665. The van der Waals surface area contributed by atoms with Crippen LogP contribution in [0.1, 0.15) is 12.8 Å². The van der Waals surface area contributed by atoms with Crippen molar-refractivity contribution in [2.75, 3.05) is 39.6 Å². The van der Waals surface area contributed by atoms with Crippen LogP contribution < -0.4 is 0 Å². The summed E-state index contributed by atoms with van der Waals surface area (Å²) in [5, 5.41) is 0. The average Bonchev–Trinajstić information content (AvgIpc) is 2.19. The Balaban J connectivity index is 2.17. The normalized spacial score (nSPS) is 22.2. The van der Waals surface area contributed by atoms with E-state index in [-0.39, 0.29) is 0 Å². The smallest absolute Gasteiger partial charge is 0.0126 e. The van der Waals surface area contributed by atoms with Gasteiger partial charge >= 0.3 is 0 Å². The van der Waals surface area contributed by atoms with Gasteiger partial charge in [-0.2, -0.15) is 0 Å². The molecule has 2 atom stereocenters. The van der Waals surface area contributed by atoms with Crippen LogP contribution in [0, 0.1) is 5.92 Å². The topological polar surface area (TPSA) is 6.48 Å². The van der Waals surface area contributed by atoms with E-state index in [1.807, 2.05) is 0 Å². The molecule has 1 fully saturated rings. The van der Waals surface area contributed by atoms with Crippen molar-refractivity contribution in [3.8, 4) is 0 Å². The van der Waals surface area contributed by atoms with Crippen LogP contribution in [0.15, 0.2) is 0 Å². The molecule has 1 saturated heterocycles. The fourth-order valence-corrected chi connectivity index (χ4v) is 2.64. The van der Waals surface area contributed by atoms with Gasteiger partial charge in [0.2, 0.25) is 0 Å². The predicted octanol–water partition coefficient (Wildman–Crippen LogP) is 1.69. The van der Waals surface area contributed by atoms with Crippen LogP contribution in [0.4, 0.5) is 0 Å². The molecule has 0 radical (unpaired) electrons. The first-order valence-corrected chi connectivity index (χ1v) is 7.33. The molecular formula is C9H22N2P2. The van der Waals surface area contributed by atoms with E-state index in [0.29, 0.717) is 0 Å². The van der Waals surface area contributed by atoms with E-state index in [1.54, 1.807) is 0 Å². The number of rotatable bonds is 4. The maximum absolute atomic E-state index is 2.82. The zero-order chi connectivity index (χ0) is 9.68. The number of nitrogens with zero attached hydrogens (tertiary/aromatic N) is 2. The number of hydrogen-bond donors (Lipinski definition) is 0. The third kappa shape index (κ3) is 4.21. The summed E-state index contributed by atoms with van der Waals surface area (Å²) >= 11 is 0. The Hall–Kier alpha value is 0.780. The molecule has 2 nitrogen and oxygen atoms in total. The Morgan fingerprint density at radius 3 is 2.54 bits per heavy atom. The Morgan fingerprint density at radius 2 is 2.08 bits per heavy atom. The largest absolute Gasteiger partial charge is 0.300 e. The van der Waals surface area contributed by atoms with Crippen LogP contribution in [-0.2, 0) is 0 Å². The summed E-state index contributed by atoms with van der Waals surface area (Å²) in [5.74, 6) is 0.949. The zero-order valence-corrected chi connectivity index (χ0v) is 10.9. The highest BCUT2D eigenvalue weighted by Gasteiger charge is 2.18. The first-order valence-electron chi connectivity index (χ1n) is 5.07. The van der Waals surface area contributed by atoms with Gasteiger partial charge < -0.3 is 0 Å². The fraction of sp³-hybridized carbons (Fsp3) is 1.00. The van der Waals surface area contributed by atoms with Crippen molar-refractivity contribution in [2.45, 2.75) is 12.8 Å². The van der Waals surface area contributed by atoms with Gasteiger partial charge in [-0.05, 0) is 45.6 Å². The molecule has 0 aromatic rings. The van der Waals surface area contributed by atoms with Gasteiger partial charge in [-0.15, -0.1) is 9.24 Å². The summed E-state index contributed by atoms with van der Waals surface area (Å²) in [7, 11) is 6.02. The van der Waals surface area contributed by atoms with E-state index < -0.39 is 0 Å². The number of likely N-dealkylation sites (tertiary alicyclic amines) is 1. The van der Waals surface area contributed by atoms with Crippen molar-refractivity contribution < 1.29 is 0 Å².